The number of H-pyrrole nitrogens is 1. The number of thioether (sulfide) groups is 1. The summed E-state index contributed by atoms with van der Waals surface area (Å²) in [7, 11) is 0. The van der Waals surface area contributed by atoms with Crippen LogP contribution in [0, 0.1) is 20.8 Å². The molecule has 0 bridgehead atoms. The van der Waals surface area contributed by atoms with Crippen molar-refractivity contribution in [1.29, 1.82) is 0 Å². The predicted octanol–water partition coefficient (Wildman–Crippen LogP) is 2.10. The number of carbonyl (C=O) groups excluding carboxylic acids is 2. The van der Waals surface area contributed by atoms with E-state index in [-0.39, 0.29) is 36.8 Å². The van der Waals surface area contributed by atoms with E-state index in [9.17, 15) is 14.4 Å². The maximum absolute atomic E-state index is 12.1. The summed E-state index contributed by atoms with van der Waals surface area (Å²) in [6.07, 6.45) is 2.21. The zero-order chi connectivity index (χ0) is 20.0. The van der Waals surface area contributed by atoms with Gasteiger partial charge in [-0.1, -0.05) is 30.0 Å². The molecule has 8 heteroatoms. The molecule has 27 heavy (non-hydrogen) atoms. The molecule has 0 aliphatic rings. The molecule has 7 nitrogen and oxygen atoms in total. The third kappa shape index (κ3) is 5.68. The molecule has 0 radical (unpaired) electrons. The number of para-hydroxylation sites is 1. The van der Waals surface area contributed by atoms with Crippen molar-refractivity contribution in [2.24, 2.45) is 0 Å². The monoisotopic (exact) mass is 388 g/mol. The highest BCUT2D eigenvalue weighted by Crippen LogP contribution is 2.19. The summed E-state index contributed by atoms with van der Waals surface area (Å²) in [4.78, 5) is 43.1. The maximum Gasteiger partial charge on any atom is 0.254 e. The Morgan fingerprint density at radius 1 is 1.15 bits per heavy atom. The lowest BCUT2D eigenvalue weighted by molar-refractivity contribution is -0.124. The van der Waals surface area contributed by atoms with E-state index in [0.29, 0.717) is 16.4 Å². The van der Waals surface area contributed by atoms with Crippen LogP contribution in [0.5, 0.6) is 0 Å². The van der Waals surface area contributed by atoms with E-state index < -0.39 is 0 Å². The van der Waals surface area contributed by atoms with Crippen molar-refractivity contribution in [2.45, 2.75) is 38.8 Å². The van der Waals surface area contributed by atoms with E-state index in [0.717, 1.165) is 16.8 Å². The quantitative estimate of drug-likeness (QED) is 0.498. The number of hydrogen-bond donors (Lipinski definition) is 3. The Kier molecular flexibility index (Phi) is 7.18. The van der Waals surface area contributed by atoms with Gasteiger partial charge in [0.15, 0.2) is 5.16 Å². The number of aromatic amines is 1. The number of anilines is 1. The molecule has 1 aromatic carbocycles. The SMILES string of the molecule is CSc1nc(C)c(CCC(=O)NCC(=O)Nc2c(C)cccc2C)c(=O)[nH]1. The highest BCUT2D eigenvalue weighted by molar-refractivity contribution is 7.98. The molecule has 1 aromatic heterocycles. The molecule has 1 heterocycles. The third-order valence-electron chi connectivity index (χ3n) is 4.19. The molecule has 0 fully saturated rings. The largest absolute Gasteiger partial charge is 0.347 e. The molecule has 0 atom stereocenters. The van der Waals surface area contributed by atoms with Crippen LogP contribution in [-0.2, 0) is 16.0 Å². The van der Waals surface area contributed by atoms with Gasteiger partial charge in [-0.15, -0.1) is 0 Å². The first-order valence-electron chi connectivity index (χ1n) is 8.58. The summed E-state index contributed by atoms with van der Waals surface area (Å²) in [5.41, 5.74) is 3.56. The lowest BCUT2D eigenvalue weighted by Crippen LogP contribution is -2.33. The van der Waals surface area contributed by atoms with Crippen molar-refractivity contribution >= 4 is 29.3 Å². The van der Waals surface area contributed by atoms with Crippen LogP contribution < -0.4 is 16.2 Å². The fourth-order valence-electron chi connectivity index (χ4n) is 2.68. The molecule has 0 saturated heterocycles. The molecule has 2 rings (SSSR count). The molecule has 0 spiro atoms. The van der Waals surface area contributed by atoms with Crippen LogP contribution in [0.4, 0.5) is 5.69 Å². The maximum atomic E-state index is 12.1. The van der Waals surface area contributed by atoms with Gasteiger partial charge in [0.05, 0.1) is 6.54 Å². The zero-order valence-corrected chi connectivity index (χ0v) is 16.8. The Labute approximate surface area is 162 Å². The zero-order valence-electron chi connectivity index (χ0n) is 15.9. The average molecular weight is 388 g/mol. The number of nitrogens with one attached hydrogen (secondary N) is 3. The number of amides is 2. The van der Waals surface area contributed by atoms with Gasteiger partial charge in [-0.2, -0.15) is 0 Å². The number of aromatic nitrogens is 2. The minimum absolute atomic E-state index is 0.112. The van der Waals surface area contributed by atoms with Gasteiger partial charge in [0.1, 0.15) is 0 Å². The topological polar surface area (TPSA) is 104 Å². The minimum Gasteiger partial charge on any atom is -0.347 e. The molecular formula is C19H24N4O3S. The summed E-state index contributed by atoms with van der Waals surface area (Å²) in [5, 5.41) is 5.95. The summed E-state index contributed by atoms with van der Waals surface area (Å²) in [6, 6.07) is 5.75. The van der Waals surface area contributed by atoms with E-state index >= 15 is 0 Å². The van der Waals surface area contributed by atoms with Crippen LogP contribution in [-0.4, -0.2) is 34.6 Å². The van der Waals surface area contributed by atoms with Gasteiger partial charge < -0.3 is 15.6 Å². The van der Waals surface area contributed by atoms with Gasteiger partial charge in [-0.05, 0) is 44.6 Å². The lowest BCUT2D eigenvalue weighted by Gasteiger charge is -2.12. The van der Waals surface area contributed by atoms with E-state index in [1.807, 2.05) is 38.3 Å². The summed E-state index contributed by atoms with van der Waals surface area (Å²) in [6.45, 7) is 5.46. The van der Waals surface area contributed by atoms with Crippen LogP contribution in [0.2, 0.25) is 0 Å². The van der Waals surface area contributed by atoms with Crippen molar-refractivity contribution in [3.8, 4) is 0 Å². The second-order valence-corrected chi connectivity index (χ2v) is 7.03. The van der Waals surface area contributed by atoms with Crippen LogP contribution in [0.3, 0.4) is 0 Å². The van der Waals surface area contributed by atoms with Crippen LogP contribution >= 0.6 is 11.8 Å². The molecule has 2 aromatic rings. The first kappa shape index (κ1) is 20.7. The number of carbonyl (C=O) groups is 2. The fourth-order valence-corrected chi connectivity index (χ4v) is 3.10. The number of aryl methyl sites for hydroxylation is 3. The smallest absolute Gasteiger partial charge is 0.254 e. The first-order chi connectivity index (χ1) is 12.8. The first-order valence-corrected chi connectivity index (χ1v) is 9.80. The van der Waals surface area contributed by atoms with Crippen molar-refractivity contribution in [2.75, 3.05) is 18.1 Å². The van der Waals surface area contributed by atoms with Gasteiger partial charge in [0, 0.05) is 23.4 Å². The molecule has 0 aliphatic heterocycles. The van der Waals surface area contributed by atoms with E-state index in [4.69, 9.17) is 0 Å². The third-order valence-corrected chi connectivity index (χ3v) is 4.77. The predicted molar refractivity (Wildman–Crippen MR) is 107 cm³/mol. The number of nitrogens with zero attached hydrogens (tertiary/aromatic N) is 1. The molecule has 3 N–H and O–H groups in total. The average Bonchev–Trinajstić information content (AvgIpc) is 2.62. The molecular weight excluding hydrogens is 364 g/mol. The Morgan fingerprint density at radius 2 is 1.81 bits per heavy atom. The standard InChI is InChI=1S/C19H24N4O3S/c1-11-6-5-7-12(2)17(11)22-16(25)10-20-15(24)9-8-14-13(3)21-19(27-4)23-18(14)26/h5-7H,8-10H2,1-4H3,(H,20,24)(H,22,25)(H,21,23,26). The highest BCUT2D eigenvalue weighted by Gasteiger charge is 2.12. The Balaban J connectivity index is 1.86. The van der Waals surface area contributed by atoms with E-state index in [2.05, 4.69) is 20.6 Å². The van der Waals surface area contributed by atoms with Gasteiger partial charge >= 0.3 is 0 Å². The summed E-state index contributed by atoms with van der Waals surface area (Å²) in [5.74, 6) is -0.583. The van der Waals surface area contributed by atoms with Crippen molar-refractivity contribution in [1.82, 2.24) is 15.3 Å². The molecule has 0 aliphatic carbocycles. The normalized spacial score (nSPS) is 10.5. The Morgan fingerprint density at radius 3 is 2.41 bits per heavy atom. The van der Waals surface area contributed by atoms with Crippen LogP contribution in [0.15, 0.2) is 28.2 Å². The Bertz CT molecular complexity index is 888. The molecule has 0 unspecified atom stereocenters. The molecule has 2 amide bonds. The fraction of sp³-hybridized carbons (Fsp3) is 0.368. The van der Waals surface area contributed by atoms with Crippen molar-refractivity contribution < 1.29 is 9.59 Å². The van der Waals surface area contributed by atoms with Crippen LogP contribution in [0.25, 0.3) is 0 Å². The van der Waals surface area contributed by atoms with E-state index in [1.54, 1.807) is 6.92 Å². The number of rotatable bonds is 7. The lowest BCUT2D eigenvalue weighted by atomic mass is 10.1. The van der Waals surface area contributed by atoms with Crippen molar-refractivity contribution in [3.63, 3.8) is 0 Å². The van der Waals surface area contributed by atoms with Gasteiger partial charge in [-0.25, -0.2) is 4.98 Å². The summed E-state index contributed by atoms with van der Waals surface area (Å²) < 4.78 is 0. The van der Waals surface area contributed by atoms with Gasteiger partial charge in [0.25, 0.3) is 5.56 Å². The second kappa shape index (κ2) is 9.36. The summed E-state index contributed by atoms with van der Waals surface area (Å²) >= 11 is 1.35. The second-order valence-electron chi connectivity index (χ2n) is 6.23. The Hall–Kier alpha value is -2.61. The van der Waals surface area contributed by atoms with Crippen molar-refractivity contribution in [3.05, 3.63) is 50.9 Å². The number of benzene rings is 1. The van der Waals surface area contributed by atoms with E-state index in [1.165, 1.54) is 11.8 Å². The van der Waals surface area contributed by atoms with Crippen LogP contribution in [0.1, 0.15) is 28.8 Å². The highest BCUT2D eigenvalue weighted by atomic mass is 32.2. The molecule has 144 valence electrons. The minimum atomic E-state index is -0.292. The van der Waals surface area contributed by atoms with Gasteiger partial charge in [-0.3, -0.25) is 14.4 Å². The number of hydrogen-bond acceptors (Lipinski definition) is 5. The van der Waals surface area contributed by atoms with Gasteiger partial charge in [0.2, 0.25) is 11.8 Å². The molecule has 0 saturated carbocycles.